The van der Waals surface area contributed by atoms with Crippen LogP contribution in [0.15, 0.2) is 18.0 Å². The molecule has 0 bridgehead atoms. The Morgan fingerprint density at radius 3 is 3.00 bits per heavy atom. The molecular formula is C14H21N3O. The summed E-state index contributed by atoms with van der Waals surface area (Å²) in [6.45, 7) is 2.94. The molecule has 0 spiro atoms. The standard InChI is InChI=1S/C14H21N3O/c1-2-8-17-14(15-11-16-17)10-13(18)9-12-6-4-3-5-7-12/h6,11H,2-5,7-10H2,1H3. The minimum atomic E-state index is 0.258. The van der Waals surface area contributed by atoms with Gasteiger partial charge < -0.3 is 0 Å². The van der Waals surface area contributed by atoms with Gasteiger partial charge in [0.2, 0.25) is 0 Å². The van der Waals surface area contributed by atoms with E-state index in [1.807, 2.05) is 4.68 Å². The molecule has 0 aliphatic heterocycles. The lowest BCUT2D eigenvalue weighted by Crippen LogP contribution is -2.12. The van der Waals surface area contributed by atoms with E-state index in [4.69, 9.17) is 0 Å². The summed E-state index contributed by atoms with van der Waals surface area (Å²) in [5.41, 5.74) is 1.31. The molecule has 1 aliphatic rings. The maximum Gasteiger partial charge on any atom is 0.144 e. The van der Waals surface area contributed by atoms with Crippen LogP contribution < -0.4 is 0 Å². The number of aryl methyl sites for hydroxylation is 1. The van der Waals surface area contributed by atoms with E-state index in [-0.39, 0.29) is 5.78 Å². The van der Waals surface area contributed by atoms with Crippen molar-refractivity contribution in [2.45, 2.75) is 58.4 Å². The molecule has 98 valence electrons. The highest BCUT2D eigenvalue weighted by Gasteiger charge is 2.13. The van der Waals surface area contributed by atoms with Crippen LogP contribution >= 0.6 is 0 Å². The molecule has 0 N–H and O–H groups in total. The van der Waals surface area contributed by atoms with Crippen molar-refractivity contribution in [3.8, 4) is 0 Å². The van der Waals surface area contributed by atoms with Gasteiger partial charge in [-0.3, -0.25) is 4.79 Å². The lowest BCUT2D eigenvalue weighted by atomic mass is 9.95. The largest absolute Gasteiger partial charge is 0.299 e. The third-order valence-electron chi connectivity index (χ3n) is 3.30. The van der Waals surface area contributed by atoms with Gasteiger partial charge in [0.25, 0.3) is 0 Å². The maximum atomic E-state index is 12.0. The molecule has 0 unspecified atom stereocenters. The van der Waals surface area contributed by atoms with Crippen LogP contribution in [-0.2, 0) is 17.8 Å². The molecule has 0 radical (unpaired) electrons. The molecule has 0 aromatic carbocycles. The first kappa shape index (κ1) is 13.0. The molecule has 0 saturated heterocycles. The Morgan fingerprint density at radius 2 is 2.28 bits per heavy atom. The summed E-state index contributed by atoms with van der Waals surface area (Å²) in [6.07, 6.45) is 10.5. The molecule has 1 aromatic rings. The van der Waals surface area contributed by atoms with Gasteiger partial charge in [-0.05, 0) is 32.1 Å². The predicted octanol–water partition coefficient (Wildman–Crippen LogP) is 2.69. The SMILES string of the molecule is CCCn1ncnc1CC(=O)CC1=CCCCC1. The number of rotatable bonds is 6. The van der Waals surface area contributed by atoms with Gasteiger partial charge in [-0.1, -0.05) is 18.6 Å². The summed E-state index contributed by atoms with van der Waals surface area (Å²) in [6, 6.07) is 0. The van der Waals surface area contributed by atoms with E-state index in [9.17, 15) is 4.79 Å². The third-order valence-corrected chi connectivity index (χ3v) is 3.30. The highest BCUT2D eigenvalue weighted by Crippen LogP contribution is 2.20. The molecule has 0 fully saturated rings. The average Bonchev–Trinajstić information content (AvgIpc) is 2.78. The second-order valence-electron chi connectivity index (χ2n) is 4.90. The molecule has 0 amide bonds. The number of hydrogen-bond donors (Lipinski definition) is 0. The monoisotopic (exact) mass is 247 g/mol. The maximum absolute atomic E-state index is 12.0. The molecule has 0 saturated carbocycles. The summed E-state index contributed by atoms with van der Waals surface area (Å²) in [4.78, 5) is 16.2. The van der Waals surface area contributed by atoms with Crippen molar-refractivity contribution in [1.29, 1.82) is 0 Å². The Labute approximate surface area is 108 Å². The molecule has 1 heterocycles. The van der Waals surface area contributed by atoms with Gasteiger partial charge in [-0.2, -0.15) is 5.10 Å². The molecule has 0 atom stereocenters. The van der Waals surface area contributed by atoms with Gasteiger partial charge in [0, 0.05) is 13.0 Å². The molecular weight excluding hydrogens is 226 g/mol. The number of hydrogen-bond acceptors (Lipinski definition) is 3. The van der Waals surface area contributed by atoms with Crippen LogP contribution in [0.4, 0.5) is 0 Å². The Hall–Kier alpha value is -1.45. The molecule has 4 nitrogen and oxygen atoms in total. The van der Waals surface area contributed by atoms with E-state index in [0.717, 1.165) is 31.6 Å². The number of carbonyl (C=O) groups excluding carboxylic acids is 1. The van der Waals surface area contributed by atoms with Crippen LogP contribution in [0.3, 0.4) is 0 Å². The Kier molecular flexibility index (Phi) is 4.67. The number of Topliss-reactive ketones (excluding diaryl/α,β-unsaturated/α-hetero) is 1. The van der Waals surface area contributed by atoms with Crippen LogP contribution in [0.1, 0.15) is 51.3 Å². The topological polar surface area (TPSA) is 47.8 Å². The highest BCUT2D eigenvalue weighted by molar-refractivity contribution is 5.82. The normalized spacial score (nSPS) is 15.5. The van der Waals surface area contributed by atoms with E-state index in [1.165, 1.54) is 24.7 Å². The minimum absolute atomic E-state index is 0.258. The number of allylic oxidation sites excluding steroid dienone is 2. The predicted molar refractivity (Wildman–Crippen MR) is 70.2 cm³/mol. The van der Waals surface area contributed by atoms with Crippen molar-refractivity contribution >= 4 is 5.78 Å². The Balaban J connectivity index is 1.90. The van der Waals surface area contributed by atoms with Crippen LogP contribution in [0, 0.1) is 0 Å². The molecule has 1 aromatic heterocycles. The zero-order valence-electron chi connectivity index (χ0n) is 11.1. The zero-order chi connectivity index (χ0) is 12.8. The van der Waals surface area contributed by atoms with Crippen LogP contribution in [0.2, 0.25) is 0 Å². The van der Waals surface area contributed by atoms with Crippen LogP contribution in [0.5, 0.6) is 0 Å². The van der Waals surface area contributed by atoms with Gasteiger partial charge in [0.15, 0.2) is 0 Å². The summed E-state index contributed by atoms with van der Waals surface area (Å²) in [5, 5.41) is 4.14. The summed E-state index contributed by atoms with van der Waals surface area (Å²) in [5.74, 6) is 1.06. The van der Waals surface area contributed by atoms with E-state index >= 15 is 0 Å². The fourth-order valence-corrected chi connectivity index (χ4v) is 2.38. The number of ketones is 1. The second kappa shape index (κ2) is 6.47. The highest BCUT2D eigenvalue weighted by atomic mass is 16.1. The zero-order valence-corrected chi connectivity index (χ0v) is 11.1. The van der Waals surface area contributed by atoms with Crippen LogP contribution in [-0.4, -0.2) is 20.5 Å². The van der Waals surface area contributed by atoms with E-state index in [1.54, 1.807) is 0 Å². The van der Waals surface area contributed by atoms with Gasteiger partial charge >= 0.3 is 0 Å². The van der Waals surface area contributed by atoms with E-state index in [2.05, 4.69) is 23.1 Å². The van der Waals surface area contributed by atoms with Crippen molar-refractivity contribution in [3.05, 3.63) is 23.8 Å². The number of nitrogens with zero attached hydrogens (tertiary/aromatic N) is 3. The lowest BCUT2D eigenvalue weighted by molar-refractivity contribution is -0.118. The summed E-state index contributed by atoms with van der Waals surface area (Å²) in [7, 11) is 0. The molecule has 2 rings (SSSR count). The summed E-state index contributed by atoms with van der Waals surface area (Å²) >= 11 is 0. The van der Waals surface area contributed by atoms with E-state index in [0.29, 0.717) is 12.8 Å². The number of aromatic nitrogens is 3. The fraction of sp³-hybridized carbons (Fsp3) is 0.643. The first-order valence-corrected chi connectivity index (χ1v) is 6.86. The lowest BCUT2D eigenvalue weighted by Gasteiger charge is -2.11. The Bertz CT molecular complexity index is 434. The summed E-state index contributed by atoms with van der Waals surface area (Å²) < 4.78 is 1.84. The second-order valence-corrected chi connectivity index (χ2v) is 4.90. The smallest absolute Gasteiger partial charge is 0.144 e. The van der Waals surface area contributed by atoms with Crippen molar-refractivity contribution < 1.29 is 4.79 Å². The molecule has 4 heteroatoms. The first-order valence-electron chi connectivity index (χ1n) is 6.86. The van der Waals surface area contributed by atoms with Gasteiger partial charge in [0.1, 0.15) is 17.9 Å². The van der Waals surface area contributed by atoms with Crippen LogP contribution in [0.25, 0.3) is 0 Å². The molecule has 18 heavy (non-hydrogen) atoms. The van der Waals surface area contributed by atoms with Crippen molar-refractivity contribution in [1.82, 2.24) is 14.8 Å². The quantitative estimate of drug-likeness (QED) is 0.726. The van der Waals surface area contributed by atoms with Crippen molar-refractivity contribution in [2.75, 3.05) is 0 Å². The fourth-order valence-electron chi connectivity index (χ4n) is 2.38. The van der Waals surface area contributed by atoms with E-state index < -0.39 is 0 Å². The minimum Gasteiger partial charge on any atom is -0.299 e. The number of carbonyl (C=O) groups is 1. The third kappa shape index (κ3) is 3.52. The first-order chi connectivity index (χ1) is 8.79. The van der Waals surface area contributed by atoms with Gasteiger partial charge in [0.05, 0.1) is 6.42 Å². The van der Waals surface area contributed by atoms with Crippen molar-refractivity contribution in [3.63, 3.8) is 0 Å². The molecule has 1 aliphatic carbocycles. The van der Waals surface area contributed by atoms with Gasteiger partial charge in [-0.15, -0.1) is 0 Å². The Morgan fingerprint density at radius 1 is 1.39 bits per heavy atom. The average molecular weight is 247 g/mol. The van der Waals surface area contributed by atoms with Crippen molar-refractivity contribution in [2.24, 2.45) is 0 Å². The van der Waals surface area contributed by atoms with Gasteiger partial charge in [-0.25, -0.2) is 9.67 Å².